The first-order chi connectivity index (χ1) is 19.0. The van der Waals surface area contributed by atoms with Gasteiger partial charge >= 0.3 is 0 Å². The molecule has 0 aromatic heterocycles. The first-order valence-electron chi connectivity index (χ1n) is 13.1. The fourth-order valence-electron chi connectivity index (χ4n) is 4.46. The summed E-state index contributed by atoms with van der Waals surface area (Å²) in [5.74, 6) is -0.596. The molecule has 0 heterocycles. The maximum absolute atomic E-state index is 13.7. The Hall–Kier alpha value is -3.07. The molecule has 0 aliphatic rings. The molecule has 0 radical (unpaired) electrons. The molecule has 0 saturated heterocycles. The van der Waals surface area contributed by atoms with Gasteiger partial charge in [0.15, 0.2) is 0 Å². The van der Waals surface area contributed by atoms with Crippen LogP contribution in [-0.4, -0.2) is 51.0 Å². The van der Waals surface area contributed by atoms with E-state index < -0.39 is 16.1 Å². The number of likely N-dealkylation sites (N-methyl/N-ethyl adjacent to an activating group) is 1. The Morgan fingerprint density at radius 3 is 2.20 bits per heavy atom. The number of nitrogens with one attached hydrogen (secondary N) is 1. The second kappa shape index (κ2) is 14.5. The Labute approximate surface area is 247 Å². The molecule has 7 nitrogen and oxygen atoms in total. The maximum atomic E-state index is 13.7. The lowest BCUT2D eigenvalue weighted by Crippen LogP contribution is -2.49. The average molecular weight is 605 g/mol. The normalized spacial score (nSPS) is 12.0. The summed E-state index contributed by atoms with van der Waals surface area (Å²) in [7, 11) is -2.04. The summed E-state index contributed by atoms with van der Waals surface area (Å²) >= 11 is 12.5. The third-order valence-corrected chi connectivity index (χ3v) is 8.44. The Bertz CT molecular complexity index is 1400. The average Bonchev–Trinajstić information content (AvgIpc) is 2.93. The van der Waals surface area contributed by atoms with Crippen LogP contribution >= 0.6 is 23.2 Å². The van der Waals surface area contributed by atoms with Crippen LogP contribution in [0.2, 0.25) is 10.0 Å². The minimum Gasteiger partial charge on any atom is -0.357 e. The van der Waals surface area contributed by atoms with E-state index in [0.29, 0.717) is 27.7 Å². The third kappa shape index (κ3) is 8.71. The molecule has 214 valence electrons. The van der Waals surface area contributed by atoms with Crippen molar-refractivity contribution in [1.29, 1.82) is 0 Å². The smallest absolute Gasteiger partial charge is 0.242 e. The minimum atomic E-state index is -3.57. The fourth-order valence-corrected chi connectivity index (χ4v) is 5.89. The van der Waals surface area contributed by atoms with Gasteiger partial charge < -0.3 is 10.2 Å². The van der Waals surface area contributed by atoms with E-state index in [4.69, 9.17) is 23.2 Å². The highest BCUT2D eigenvalue weighted by atomic mass is 35.5. The summed E-state index contributed by atoms with van der Waals surface area (Å²) in [5.41, 5.74) is 3.19. The molecule has 3 aromatic carbocycles. The number of hydrogen-bond acceptors (Lipinski definition) is 4. The maximum Gasteiger partial charge on any atom is 0.242 e. The first kappa shape index (κ1) is 31.5. The van der Waals surface area contributed by atoms with Crippen LogP contribution in [0.3, 0.4) is 0 Å². The molecular weight excluding hydrogens is 569 g/mol. The highest BCUT2D eigenvalue weighted by molar-refractivity contribution is 7.92. The van der Waals surface area contributed by atoms with Crippen molar-refractivity contribution in [2.75, 3.05) is 24.2 Å². The van der Waals surface area contributed by atoms with E-state index in [-0.39, 0.29) is 37.7 Å². The van der Waals surface area contributed by atoms with Gasteiger partial charge in [-0.25, -0.2) is 8.42 Å². The van der Waals surface area contributed by atoms with Gasteiger partial charge in [0.05, 0.1) is 11.9 Å². The number of nitrogens with zero attached hydrogens (tertiary/aromatic N) is 2. The minimum absolute atomic E-state index is 0.0343. The van der Waals surface area contributed by atoms with Crippen LogP contribution in [0.1, 0.15) is 36.5 Å². The van der Waals surface area contributed by atoms with E-state index in [1.807, 2.05) is 49.4 Å². The molecule has 0 saturated carbocycles. The van der Waals surface area contributed by atoms with Gasteiger partial charge in [-0.2, -0.15) is 0 Å². The molecule has 40 heavy (non-hydrogen) atoms. The molecule has 0 spiro atoms. The molecule has 0 aliphatic heterocycles. The number of sulfonamides is 1. The van der Waals surface area contributed by atoms with E-state index in [1.165, 1.54) is 16.3 Å². The predicted octanol–water partition coefficient (Wildman–Crippen LogP) is 5.49. The lowest BCUT2D eigenvalue weighted by Gasteiger charge is -2.32. The van der Waals surface area contributed by atoms with Crippen molar-refractivity contribution < 1.29 is 18.0 Å². The molecule has 0 fully saturated rings. The van der Waals surface area contributed by atoms with Gasteiger partial charge in [-0.15, -0.1) is 0 Å². The quantitative estimate of drug-likeness (QED) is 0.280. The van der Waals surface area contributed by atoms with E-state index in [2.05, 4.69) is 5.32 Å². The molecular formula is C30H35Cl2N3O4S. The lowest BCUT2D eigenvalue weighted by atomic mass is 10.0. The van der Waals surface area contributed by atoms with Crippen LogP contribution in [0.15, 0.2) is 72.8 Å². The van der Waals surface area contributed by atoms with Gasteiger partial charge in [0.25, 0.3) is 0 Å². The number of hydrogen-bond donors (Lipinski definition) is 1. The van der Waals surface area contributed by atoms with Crippen molar-refractivity contribution in [3.63, 3.8) is 0 Å². The summed E-state index contributed by atoms with van der Waals surface area (Å²) in [6.07, 6.45) is 2.59. The molecule has 1 N–H and O–H groups in total. The van der Waals surface area contributed by atoms with Crippen molar-refractivity contribution in [2.24, 2.45) is 0 Å². The van der Waals surface area contributed by atoms with E-state index in [9.17, 15) is 18.0 Å². The largest absolute Gasteiger partial charge is 0.357 e. The molecule has 0 bridgehead atoms. The summed E-state index contributed by atoms with van der Waals surface area (Å²) < 4.78 is 26.5. The van der Waals surface area contributed by atoms with Crippen molar-refractivity contribution in [3.05, 3.63) is 99.5 Å². The van der Waals surface area contributed by atoms with Gasteiger partial charge in [-0.3, -0.25) is 13.9 Å². The second-order valence-electron chi connectivity index (χ2n) is 9.54. The number of anilines is 1. The second-order valence-corrected chi connectivity index (χ2v) is 12.3. The summed E-state index contributed by atoms with van der Waals surface area (Å²) in [6, 6.07) is 21.0. The summed E-state index contributed by atoms with van der Waals surface area (Å²) in [5, 5.41) is 3.53. The zero-order valence-electron chi connectivity index (χ0n) is 22.9. The van der Waals surface area contributed by atoms with Crippen LogP contribution in [-0.2, 0) is 39.0 Å². The SMILES string of the molecule is CCc1ccc(N(CCCC(=O)N(Cc2ccc(Cl)cc2Cl)[C@@H](Cc2ccccc2)C(=O)NC)S(C)(=O)=O)cc1. The van der Waals surface area contributed by atoms with Crippen LogP contribution in [0.5, 0.6) is 0 Å². The highest BCUT2D eigenvalue weighted by Gasteiger charge is 2.30. The monoisotopic (exact) mass is 603 g/mol. The molecule has 0 aliphatic carbocycles. The van der Waals surface area contributed by atoms with Crippen molar-refractivity contribution in [1.82, 2.24) is 10.2 Å². The fraction of sp³-hybridized carbons (Fsp3) is 0.333. The van der Waals surface area contributed by atoms with Gasteiger partial charge in [0.2, 0.25) is 21.8 Å². The van der Waals surface area contributed by atoms with Crippen LogP contribution in [0.25, 0.3) is 0 Å². The van der Waals surface area contributed by atoms with Gasteiger partial charge in [0, 0.05) is 43.0 Å². The Morgan fingerprint density at radius 2 is 1.62 bits per heavy atom. The van der Waals surface area contributed by atoms with Gasteiger partial charge in [0.1, 0.15) is 6.04 Å². The van der Waals surface area contributed by atoms with Crippen molar-refractivity contribution in [3.8, 4) is 0 Å². The summed E-state index contributed by atoms with van der Waals surface area (Å²) in [6.45, 7) is 2.24. The number of aryl methyl sites for hydroxylation is 1. The zero-order chi connectivity index (χ0) is 29.3. The standard InChI is InChI=1S/C30H35Cl2N3O4S/c1-4-22-12-16-26(17-13-22)35(40(3,38)39)18-8-11-29(36)34(21-24-14-15-25(31)20-27(24)32)28(30(37)33-2)19-23-9-6-5-7-10-23/h5-7,9-10,12-17,20,28H,4,8,11,18-19,21H2,1-3H3,(H,33,37)/t28-/m0/s1. The molecule has 1 atom stereocenters. The van der Waals surface area contributed by atoms with Crippen molar-refractivity contribution in [2.45, 2.75) is 45.2 Å². The van der Waals surface area contributed by atoms with E-state index in [1.54, 1.807) is 30.3 Å². The van der Waals surface area contributed by atoms with Gasteiger partial charge in [-0.05, 0) is 53.8 Å². The number of rotatable bonds is 13. The first-order valence-corrected chi connectivity index (χ1v) is 15.7. The predicted molar refractivity (Wildman–Crippen MR) is 162 cm³/mol. The number of halogens is 2. The number of benzene rings is 3. The molecule has 10 heteroatoms. The number of carbonyl (C=O) groups excluding carboxylic acids is 2. The summed E-state index contributed by atoms with van der Waals surface area (Å²) in [4.78, 5) is 28.3. The van der Waals surface area contributed by atoms with E-state index >= 15 is 0 Å². The van der Waals surface area contributed by atoms with E-state index in [0.717, 1.165) is 23.8 Å². The Morgan fingerprint density at radius 1 is 0.950 bits per heavy atom. The van der Waals surface area contributed by atoms with Crippen LogP contribution in [0.4, 0.5) is 5.69 Å². The lowest BCUT2D eigenvalue weighted by molar-refractivity contribution is -0.141. The van der Waals surface area contributed by atoms with Crippen LogP contribution < -0.4 is 9.62 Å². The highest BCUT2D eigenvalue weighted by Crippen LogP contribution is 2.25. The van der Waals surface area contributed by atoms with Gasteiger partial charge in [-0.1, -0.05) is 78.7 Å². The van der Waals surface area contributed by atoms with Crippen molar-refractivity contribution >= 4 is 50.7 Å². The number of carbonyl (C=O) groups is 2. The molecule has 2 amide bonds. The number of amides is 2. The zero-order valence-corrected chi connectivity index (χ0v) is 25.3. The molecule has 0 unspecified atom stereocenters. The molecule has 3 rings (SSSR count). The third-order valence-electron chi connectivity index (χ3n) is 6.66. The molecule has 3 aromatic rings. The topological polar surface area (TPSA) is 86.8 Å². The Balaban J connectivity index is 1.86. The Kier molecular flexibility index (Phi) is 11.4. The van der Waals surface area contributed by atoms with Crippen LogP contribution in [0, 0.1) is 0 Å².